The second-order valence-corrected chi connectivity index (χ2v) is 8.96. The Morgan fingerprint density at radius 1 is 1.14 bits per heavy atom. The van der Waals surface area contributed by atoms with Gasteiger partial charge in [0.2, 0.25) is 15.9 Å². The third kappa shape index (κ3) is 5.27. The molecule has 1 heterocycles. The van der Waals surface area contributed by atoms with E-state index in [2.05, 4.69) is 5.32 Å². The number of hydrogen-bond donors (Lipinski definition) is 1. The summed E-state index contributed by atoms with van der Waals surface area (Å²) < 4.78 is 37.6. The zero-order chi connectivity index (χ0) is 20.9. The fourth-order valence-electron chi connectivity index (χ4n) is 3.43. The molecule has 0 aliphatic carbocycles. The maximum atomic E-state index is 12.8. The number of carbonyl (C=O) groups excluding carboxylic acids is 1. The van der Waals surface area contributed by atoms with E-state index in [-0.39, 0.29) is 18.2 Å². The Kier molecular flexibility index (Phi) is 6.76. The summed E-state index contributed by atoms with van der Waals surface area (Å²) in [6.07, 6.45) is 1.27. The van der Waals surface area contributed by atoms with E-state index >= 15 is 0 Å². The minimum Gasteiger partial charge on any atom is -0.497 e. The van der Waals surface area contributed by atoms with Crippen LogP contribution < -0.4 is 14.8 Å². The van der Waals surface area contributed by atoms with E-state index in [4.69, 9.17) is 9.47 Å². The van der Waals surface area contributed by atoms with Gasteiger partial charge in [-0.2, -0.15) is 0 Å². The quantitative estimate of drug-likeness (QED) is 0.747. The monoisotopic (exact) mass is 418 g/mol. The number of carbonyl (C=O) groups is 1. The predicted molar refractivity (Wildman–Crippen MR) is 112 cm³/mol. The van der Waals surface area contributed by atoms with Crippen LogP contribution in [-0.2, 0) is 20.6 Å². The number of hydrogen-bond acceptors (Lipinski definition) is 5. The van der Waals surface area contributed by atoms with Crippen molar-refractivity contribution in [2.24, 2.45) is 5.92 Å². The molecular weight excluding hydrogens is 392 g/mol. The van der Waals surface area contributed by atoms with E-state index in [0.29, 0.717) is 36.6 Å². The third-order valence-corrected chi connectivity index (χ3v) is 6.82. The Morgan fingerprint density at radius 2 is 1.90 bits per heavy atom. The molecule has 0 saturated carbocycles. The van der Waals surface area contributed by atoms with Crippen molar-refractivity contribution >= 4 is 21.6 Å². The van der Waals surface area contributed by atoms with Gasteiger partial charge in [0.15, 0.2) is 0 Å². The van der Waals surface area contributed by atoms with Crippen LogP contribution in [0.3, 0.4) is 0 Å². The summed E-state index contributed by atoms with van der Waals surface area (Å²) in [5.41, 5.74) is 1.24. The highest BCUT2D eigenvalue weighted by atomic mass is 32.2. The highest BCUT2D eigenvalue weighted by Gasteiger charge is 2.32. The fourth-order valence-corrected chi connectivity index (χ4v) is 5.04. The Balaban J connectivity index is 1.69. The van der Waals surface area contributed by atoms with Crippen molar-refractivity contribution in [3.05, 3.63) is 54.1 Å². The van der Waals surface area contributed by atoms with Crippen molar-refractivity contribution < 1.29 is 22.7 Å². The summed E-state index contributed by atoms with van der Waals surface area (Å²) >= 11 is 0. The van der Waals surface area contributed by atoms with Gasteiger partial charge in [0, 0.05) is 19.2 Å². The van der Waals surface area contributed by atoms with Crippen molar-refractivity contribution in [3.63, 3.8) is 0 Å². The molecule has 1 aliphatic heterocycles. The topological polar surface area (TPSA) is 84.9 Å². The average molecular weight is 419 g/mol. The van der Waals surface area contributed by atoms with Crippen LogP contribution in [-0.4, -0.2) is 45.9 Å². The Hall–Kier alpha value is -2.58. The number of sulfonamides is 1. The minimum atomic E-state index is -3.49. The lowest BCUT2D eigenvalue weighted by Gasteiger charge is -2.31. The normalized spacial score (nSPS) is 17.5. The molecule has 1 fully saturated rings. The molecule has 1 N–H and O–H groups in total. The first-order valence-electron chi connectivity index (χ1n) is 9.47. The molecular formula is C21H26N2O5S. The molecule has 7 nitrogen and oxygen atoms in total. The zero-order valence-electron chi connectivity index (χ0n) is 16.6. The summed E-state index contributed by atoms with van der Waals surface area (Å²) in [7, 11) is -0.421. The smallest absolute Gasteiger partial charge is 0.228 e. The molecule has 1 amide bonds. The Labute approximate surface area is 171 Å². The van der Waals surface area contributed by atoms with E-state index in [1.807, 2.05) is 18.2 Å². The molecule has 0 aromatic heterocycles. The molecule has 156 valence electrons. The first-order chi connectivity index (χ1) is 13.9. The highest BCUT2D eigenvalue weighted by molar-refractivity contribution is 7.88. The maximum absolute atomic E-state index is 12.8. The van der Waals surface area contributed by atoms with Gasteiger partial charge < -0.3 is 14.8 Å². The summed E-state index contributed by atoms with van der Waals surface area (Å²) in [6.45, 7) is 0.606. The van der Waals surface area contributed by atoms with Crippen LogP contribution in [0.25, 0.3) is 0 Å². The zero-order valence-corrected chi connectivity index (χ0v) is 17.4. The van der Waals surface area contributed by atoms with Crippen LogP contribution >= 0.6 is 0 Å². The Morgan fingerprint density at radius 3 is 2.59 bits per heavy atom. The number of benzene rings is 2. The maximum Gasteiger partial charge on any atom is 0.228 e. The molecule has 3 rings (SSSR count). The molecule has 1 saturated heterocycles. The van der Waals surface area contributed by atoms with Crippen LogP contribution in [0.2, 0.25) is 0 Å². The van der Waals surface area contributed by atoms with Crippen LogP contribution in [0.4, 0.5) is 5.69 Å². The van der Waals surface area contributed by atoms with Crippen LogP contribution in [0.1, 0.15) is 18.4 Å². The second-order valence-electron chi connectivity index (χ2n) is 6.99. The number of nitrogens with zero attached hydrogens (tertiary/aromatic N) is 1. The van der Waals surface area contributed by atoms with Gasteiger partial charge >= 0.3 is 0 Å². The fraction of sp³-hybridized carbons (Fsp3) is 0.381. The number of rotatable bonds is 7. The minimum absolute atomic E-state index is 0.0636. The largest absolute Gasteiger partial charge is 0.497 e. The number of methoxy groups -OCH3 is 2. The molecule has 0 spiro atoms. The summed E-state index contributed by atoms with van der Waals surface area (Å²) in [6, 6.07) is 14.2. The first kappa shape index (κ1) is 21.1. The molecule has 0 radical (unpaired) electrons. The van der Waals surface area contributed by atoms with Crippen molar-refractivity contribution in [2.75, 3.05) is 32.6 Å². The van der Waals surface area contributed by atoms with E-state index in [0.717, 1.165) is 5.56 Å². The summed E-state index contributed by atoms with van der Waals surface area (Å²) in [5, 5.41) is 2.86. The molecule has 1 aliphatic rings. The number of nitrogens with one attached hydrogen (secondary N) is 1. The van der Waals surface area contributed by atoms with Gasteiger partial charge in [-0.3, -0.25) is 4.79 Å². The van der Waals surface area contributed by atoms with E-state index < -0.39 is 15.9 Å². The van der Waals surface area contributed by atoms with Gasteiger partial charge in [-0.05, 0) is 30.5 Å². The number of ether oxygens (including phenoxy) is 2. The molecule has 1 atom stereocenters. The summed E-state index contributed by atoms with van der Waals surface area (Å²) in [5.74, 6) is 0.396. The summed E-state index contributed by atoms with van der Waals surface area (Å²) in [4.78, 5) is 12.8. The van der Waals surface area contributed by atoms with Gasteiger partial charge in [-0.1, -0.05) is 30.3 Å². The lowest BCUT2D eigenvalue weighted by molar-refractivity contribution is -0.120. The second kappa shape index (κ2) is 9.28. The molecule has 8 heteroatoms. The third-order valence-electron chi connectivity index (χ3n) is 5.00. The van der Waals surface area contributed by atoms with E-state index in [9.17, 15) is 13.2 Å². The van der Waals surface area contributed by atoms with Crippen molar-refractivity contribution in [1.29, 1.82) is 0 Å². The first-order valence-corrected chi connectivity index (χ1v) is 11.1. The molecule has 29 heavy (non-hydrogen) atoms. The Bertz CT molecular complexity index is 947. The molecule has 0 bridgehead atoms. The highest BCUT2D eigenvalue weighted by Crippen LogP contribution is 2.30. The lowest BCUT2D eigenvalue weighted by Crippen LogP contribution is -2.44. The van der Waals surface area contributed by atoms with Gasteiger partial charge in [0.25, 0.3) is 0 Å². The standard InChI is InChI=1S/C21H26N2O5S/c1-27-18-10-11-20(28-2)19(13-18)22-21(24)17-9-6-12-23(14-17)29(25,26)15-16-7-4-3-5-8-16/h3-5,7-8,10-11,13,17H,6,9,12,14-15H2,1-2H3,(H,22,24)/t17-/m1/s1. The van der Waals surface area contributed by atoms with Crippen LogP contribution in [0, 0.1) is 5.92 Å². The SMILES string of the molecule is COc1ccc(OC)c(NC(=O)[C@@H]2CCCN(S(=O)(=O)Cc3ccccc3)C2)c1. The molecule has 0 unspecified atom stereocenters. The average Bonchev–Trinajstić information content (AvgIpc) is 2.74. The van der Waals surface area contributed by atoms with Crippen molar-refractivity contribution in [2.45, 2.75) is 18.6 Å². The predicted octanol–water partition coefficient (Wildman–Crippen LogP) is 2.88. The number of piperidine rings is 1. The van der Waals surface area contributed by atoms with Gasteiger partial charge in [-0.25, -0.2) is 12.7 Å². The van der Waals surface area contributed by atoms with Gasteiger partial charge in [0.1, 0.15) is 11.5 Å². The van der Waals surface area contributed by atoms with Gasteiger partial charge in [0.05, 0.1) is 31.6 Å². The van der Waals surface area contributed by atoms with Crippen molar-refractivity contribution in [3.8, 4) is 11.5 Å². The molecule has 2 aromatic carbocycles. The van der Waals surface area contributed by atoms with Crippen molar-refractivity contribution in [1.82, 2.24) is 4.31 Å². The van der Waals surface area contributed by atoms with E-state index in [1.54, 1.807) is 37.4 Å². The van der Waals surface area contributed by atoms with Gasteiger partial charge in [-0.15, -0.1) is 0 Å². The number of anilines is 1. The lowest BCUT2D eigenvalue weighted by atomic mass is 9.98. The van der Waals surface area contributed by atoms with E-state index in [1.165, 1.54) is 11.4 Å². The number of amides is 1. The van der Waals surface area contributed by atoms with Crippen LogP contribution in [0.5, 0.6) is 11.5 Å². The van der Waals surface area contributed by atoms with Crippen LogP contribution in [0.15, 0.2) is 48.5 Å². The molecule has 2 aromatic rings.